The number of carbonyl (C=O) groups is 2. The lowest BCUT2D eigenvalue weighted by Gasteiger charge is -2.15. The van der Waals surface area contributed by atoms with Crippen molar-refractivity contribution in [1.29, 1.82) is 0 Å². The van der Waals surface area contributed by atoms with Gasteiger partial charge in [-0.05, 0) is 30.2 Å². The molecule has 0 aliphatic heterocycles. The van der Waals surface area contributed by atoms with Crippen molar-refractivity contribution < 1.29 is 19.1 Å². The SMILES string of the molecule is C[C@@H](NC(=O)C(=O)NC[C@@H](O)c1ccc(-c2ccco2)cc1)c1ccccc1. The number of benzene rings is 2. The van der Waals surface area contributed by atoms with Crippen molar-refractivity contribution in [3.05, 3.63) is 84.1 Å². The molecule has 0 aliphatic carbocycles. The average Bonchev–Trinajstić information content (AvgIpc) is 3.27. The molecule has 2 aromatic carbocycles. The number of rotatable bonds is 6. The van der Waals surface area contributed by atoms with Gasteiger partial charge in [-0.15, -0.1) is 0 Å². The Morgan fingerprint density at radius 1 is 0.929 bits per heavy atom. The molecule has 1 aromatic heterocycles. The lowest BCUT2D eigenvalue weighted by Crippen LogP contribution is -2.42. The minimum Gasteiger partial charge on any atom is -0.464 e. The summed E-state index contributed by atoms with van der Waals surface area (Å²) in [6, 6.07) is 19.9. The van der Waals surface area contributed by atoms with Crippen LogP contribution in [0, 0.1) is 0 Å². The molecule has 1 heterocycles. The highest BCUT2D eigenvalue weighted by Crippen LogP contribution is 2.22. The van der Waals surface area contributed by atoms with Crippen molar-refractivity contribution in [2.45, 2.75) is 19.1 Å². The van der Waals surface area contributed by atoms with E-state index in [1.807, 2.05) is 48.5 Å². The molecule has 2 amide bonds. The maximum Gasteiger partial charge on any atom is 0.309 e. The number of hydrogen-bond donors (Lipinski definition) is 3. The number of aliphatic hydroxyl groups excluding tert-OH is 1. The Balaban J connectivity index is 1.50. The van der Waals surface area contributed by atoms with Crippen molar-refractivity contribution in [1.82, 2.24) is 10.6 Å². The predicted octanol–water partition coefficient (Wildman–Crippen LogP) is 2.97. The Labute approximate surface area is 163 Å². The van der Waals surface area contributed by atoms with E-state index in [1.165, 1.54) is 0 Å². The fourth-order valence-electron chi connectivity index (χ4n) is 2.79. The fourth-order valence-corrected chi connectivity index (χ4v) is 2.79. The lowest BCUT2D eigenvalue weighted by atomic mass is 10.1. The van der Waals surface area contributed by atoms with E-state index in [1.54, 1.807) is 31.4 Å². The van der Waals surface area contributed by atoms with Crippen LogP contribution in [0.5, 0.6) is 0 Å². The topological polar surface area (TPSA) is 91.6 Å². The van der Waals surface area contributed by atoms with Crippen LogP contribution in [0.4, 0.5) is 0 Å². The second-order valence-corrected chi connectivity index (χ2v) is 6.43. The van der Waals surface area contributed by atoms with Gasteiger partial charge in [-0.25, -0.2) is 0 Å². The Bertz CT molecular complexity index is 905. The van der Waals surface area contributed by atoms with Gasteiger partial charge in [0.05, 0.1) is 18.4 Å². The normalized spacial score (nSPS) is 12.8. The van der Waals surface area contributed by atoms with E-state index in [0.717, 1.165) is 16.9 Å². The molecule has 3 aromatic rings. The highest BCUT2D eigenvalue weighted by Gasteiger charge is 2.18. The third kappa shape index (κ3) is 4.86. The molecule has 6 heteroatoms. The van der Waals surface area contributed by atoms with E-state index in [9.17, 15) is 14.7 Å². The first kappa shape index (κ1) is 19.4. The Hall–Kier alpha value is -3.38. The van der Waals surface area contributed by atoms with Gasteiger partial charge < -0.3 is 20.2 Å². The summed E-state index contributed by atoms with van der Waals surface area (Å²) in [5.41, 5.74) is 2.42. The van der Waals surface area contributed by atoms with E-state index in [-0.39, 0.29) is 12.6 Å². The number of nitrogens with one attached hydrogen (secondary N) is 2. The molecular weight excluding hydrogens is 356 g/mol. The molecule has 144 valence electrons. The van der Waals surface area contributed by atoms with Gasteiger partial charge in [0.2, 0.25) is 0 Å². The first-order valence-electron chi connectivity index (χ1n) is 9.00. The molecule has 28 heavy (non-hydrogen) atoms. The zero-order chi connectivity index (χ0) is 19.9. The molecule has 0 fully saturated rings. The summed E-state index contributed by atoms with van der Waals surface area (Å²) >= 11 is 0. The maximum absolute atomic E-state index is 12.0. The molecule has 0 radical (unpaired) electrons. The largest absolute Gasteiger partial charge is 0.464 e. The number of carbonyl (C=O) groups excluding carboxylic acids is 2. The molecule has 0 aliphatic rings. The maximum atomic E-state index is 12.0. The van der Waals surface area contributed by atoms with Gasteiger partial charge in [-0.1, -0.05) is 54.6 Å². The van der Waals surface area contributed by atoms with Gasteiger partial charge in [0.1, 0.15) is 5.76 Å². The molecule has 2 atom stereocenters. The summed E-state index contributed by atoms with van der Waals surface area (Å²) in [4.78, 5) is 24.0. The Kier molecular flexibility index (Phi) is 6.24. The van der Waals surface area contributed by atoms with Crippen LogP contribution in [-0.4, -0.2) is 23.5 Å². The quantitative estimate of drug-likeness (QED) is 0.575. The third-order valence-electron chi connectivity index (χ3n) is 4.41. The van der Waals surface area contributed by atoms with Gasteiger partial charge >= 0.3 is 11.8 Å². The average molecular weight is 378 g/mol. The summed E-state index contributed by atoms with van der Waals surface area (Å²) in [5, 5.41) is 15.4. The first-order chi connectivity index (χ1) is 13.5. The molecule has 0 spiro atoms. The van der Waals surface area contributed by atoms with Crippen LogP contribution in [0.3, 0.4) is 0 Å². The summed E-state index contributed by atoms with van der Waals surface area (Å²) in [5.74, 6) is -0.788. The molecule has 6 nitrogen and oxygen atoms in total. The first-order valence-corrected chi connectivity index (χ1v) is 9.00. The smallest absolute Gasteiger partial charge is 0.309 e. The van der Waals surface area contributed by atoms with Crippen molar-refractivity contribution in [3.63, 3.8) is 0 Å². The molecular formula is C22H22N2O4. The van der Waals surface area contributed by atoms with E-state index < -0.39 is 17.9 Å². The second kappa shape index (κ2) is 9.01. The van der Waals surface area contributed by atoms with Gasteiger partial charge in [0.25, 0.3) is 0 Å². The van der Waals surface area contributed by atoms with Gasteiger partial charge in [0.15, 0.2) is 0 Å². The summed E-state index contributed by atoms with van der Waals surface area (Å²) < 4.78 is 5.32. The number of furan rings is 1. The van der Waals surface area contributed by atoms with Crippen molar-refractivity contribution in [2.24, 2.45) is 0 Å². The molecule has 0 unspecified atom stereocenters. The van der Waals surface area contributed by atoms with Crippen LogP contribution in [0.2, 0.25) is 0 Å². The summed E-state index contributed by atoms with van der Waals surface area (Å²) in [6.07, 6.45) is 0.672. The van der Waals surface area contributed by atoms with Crippen LogP contribution < -0.4 is 10.6 Å². The zero-order valence-corrected chi connectivity index (χ0v) is 15.5. The van der Waals surface area contributed by atoms with Crippen LogP contribution in [-0.2, 0) is 9.59 Å². The van der Waals surface area contributed by atoms with Crippen molar-refractivity contribution in [2.75, 3.05) is 6.54 Å². The van der Waals surface area contributed by atoms with Crippen molar-refractivity contribution >= 4 is 11.8 Å². The predicted molar refractivity (Wildman–Crippen MR) is 105 cm³/mol. The molecule has 0 saturated heterocycles. The fraction of sp³-hybridized carbons (Fsp3) is 0.182. The standard InChI is InChI=1S/C22H22N2O4/c1-15(16-6-3-2-4-7-16)24-22(27)21(26)23-14-19(25)17-9-11-18(12-10-17)20-8-5-13-28-20/h2-13,15,19,25H,14H2,1H3,(H,23,26)(H,24,27)/t15-,19-/m1/s1. The monoisotopic (exact) mass is 378 g/mol. The molecule has 3 rings (SSSR count). The van der Waals surface area contributed by atoms with Crippen LogP contribution >= 0.6 is 0 Å². The number of amides is 2. The van der Waals surface area contributed by atoms with E-state index >= 15 is 0 Å². The lowest BCUT2D eigenvalue weighted by molar-refractivity contribution is -0.139. The van der Waals surface area contributed by atoms with Crippen LogP contribution in [0.1, 0.15) is 30.2 Å². The van der Waals surface area contributed by atoms with E-state index in [2.05, 4.69) is 10.6 Å². The molecule has 0 saturated carbocycles. The Morgan fingerprint density at radius 2 is 1.64 bits per heavy atom. The Morgan fingerprint density at radius 3 is 2.29 bits per heavy atom. The highest BCUT2D eigenvalue weighted by atomic mass is 16.3. The number of aliphatic hydroxyl groups is 1. The van der Waals surface area contributed by atoms with E-state index in [0.29, 0.717) is 5.56 Å². The molecule has 0 bridgehead atoms. The van der Waals surface area contributed by atoms with Crippen LogP contribution in [0.15, 0.2) is 77.4 Å². The third-order valence-corrected chi connectivity index (χ3v) is 4.41. The number of hydrogen-bond acceptors (Lipinski definition) is 4. The minimum atomic E-state index is -0.922. The summed E-state index contributed by atoms with van der Waals surface area (Å²) in [7, 11) is 0. The second-order valence-electron chi connectivity index (χ2n) is 6.43. The zero-order valence-electron chi connectivity index (χ0n) is 15.5. The van der Waals surface area contributed by atoms with Crippen LogP contribution in [0.25, 0.3) is 11.3 Å². The highest BCUT2D eigenvalue weighted by molar-refractivity contribution is 6.35. The molecule has 3 N–H and O–H groups in total. The van der Waals surface area contributed by atoms with Gasteiger partial charge in [-0.2, -0.15) is 0 Å². The summed E-state index contributed by atoms with van der Waals surface area (Å²) in [6.45, 7) is 1.74. The van der Waals surface area contributed by atoms with Gasteiger partial charge in [-0.3, -0.25) is 9.59 Å². The van der Waals surface area contributed by atoms with E-state index in [4.69, 9.17) is 4.42 Å². The minimum absolute atomic E-state index is 0.0634. The van der Waals surface area contributed by atoms with Gasteiger partial charge in [0, 0.05) is 12.1 Å². The van der Waals surface area contributed by atoms with Crippen molar-refractivity contribution in [3.8, 4) is 11.3 Å².